The molecule has 0 fully saturated rings. The highest BCUT2D eigenvalue weighted by molar-refractivity contribution is 9.10. The van der Waals surface area contributed by atoms with Crippen molar-refractivity contribution in [2.45, 2.75) is 25.9 Å². The van der Waals surface area contributed by atoms with Crippen molar-refractivity contribution in [3.8, 4) is 0 Å². The Kier molecular flexibility index (Phi) is 6.81. The van der Waals surface area contributed by atoms with E-state index in [0.717, 1.165) is 16.0 Å². The van der Waals surface area contributed by atoms with Crippen molar-refractivity contribution in [1.29, 1.82) is 0 Å². The summed E-state index contributed by atoms with van der Waals surface area (Å²) in [6.07, 6.45) is 3.34. The van der Waals surface area contributed by atoms with Crippen molar-refractivity contribution in [1.82, 2.24) is 5.32 Å². The van der Waals surface area contributed by atoms with Gasteiger partial charge < -0.3 is 5.32 Å². The van der Waals surface area contributed by atoms with Crippen LogP contribution in [0.15, 0.2) is 22.7 Å². The van der Waals surface area contributed by atoms with Gasteiger partial charge in [0.2, 0.25) is 0 Å². The molecule has 0 amide bonds. The van der Waals surface area contributed by atoms with E-state index in [0.29, 0.717) is 6.04 Å². The van der Waals surface area contributed by atoms with Gasteiger partial charge in [-0.15, -0.1) is 0 Å². The van der Waals surface area contributed by atoms with Crippen molar-refractivity contribution < 1.29 is 0 Å². The van der Waals surface area contributed by atoms with Gasteiger partial charge in [-0.1, -0.05) is 33.6 Å². The van der Waals surface area contributed by atoms with E-state index in [1.54, 1.807) is 0 Å². The van der Waals surface area contributed by atoms with Crippen LogP contribution in [0.2, 0.25) is 5.02 Å². The first-order valence-electron chi connectivity index (χ1n) is 5.29. The van der Waals surface area contributed by atoms with E-state index < -0.39 is 0 Å². The number of benzene rings is 1. The molecule has 1 aromatic carbocycles. The maximum absolute atomic E-state index is 5.90. The van der Waals surface area contributed by atoms with Gasteiger partial charge >= 0.3 is 0 Å². The van der Waals surface area contributed by atoms with Crippen LogP contribution in [-0.2, 0) is 6.54 Å². The van der Waals surface area contributed by atoms with Crippen molar-refractivity contribution in [3.63, 3.8) is 0 Å². The summed E-state index contributed by atoms with van der Waals surface area (Å²) < 4.78 is 1.07. The largest absolute Gasteiger partial charge is 0.310 e. The lowest BCUT2D eigenvalue weighted by molar-refractivity contribution is 0.537. The fourth-order valence-corrected chi connectivity index (χ4v) is 2.76. The minimum Gasteiger partial charge on any atom is -0.310 e. The van der Waals surface area contributed by atoms with Gasteiger partial charge in [0.1, 0.15) is 0 Å². The Hall–Kier alpha value is 0.300. The van der Waals surface area contributed by atoms with Crippen LogP contribution in [0.5, 0.6) is 0 Å². The molecule has 0 saturated heterocycles. The molecule has 0 aromatic heterocycles. The van der Waals surface area contributed by atoms with Crippen LogP contribution < -0.4 is 5.32 Å². The first-order valence-corrected chi connectivity index (χ1v) is 7.86. The molecule has 0 radical (unpaired) electrons. The summed E-state index contributed by atoms with van der Waals surface area (Å²) in [5.41, 5.74) is 1.25. The fourth-order valence-electron chi connectivity index (χ4n) is 1.35. The molecule has 1 N–H and O–H groups in total. The average molecular weight is 323 g/mol. The normalized spacial score (nSPS) is 12.8. The summed E-state index contributed by atoms with van der Waals surface area (Å²) in [5.74, 6) is 1.20. The number of halogens is 2. The molecule has 0 spiro atoms. The van der Waals surface area contributed by atoms with Crippen LogP contribution in [0.3, 0.4) is 0 Å². The number of hydrogen-bond donors (Lipinski definition) is 1. The van der Waals surface area contributed by atoms with Gasteiger partial charge in [0.25, 0.3) is 0 Å². The second kappa shape index (κ2) is 7.59. The topological polar surface area (TPSA) is 12.0 Å². The summed E-state index contributed by atoms with van der Waals surface area (Å²) in [7, 11) is 0. The highest BCUT2D eigenvalue weighted by atomic mass is 79.9. The highest BCUT2D eigenvalue weighted by Crippen LogP contribution is 2.21. The van der Waals surface area contributed by atoms with Crippen LogP contribution in [0.25, 0.3) is 0 Å². The van der Waals surface area contributed by atoms with Gasteiger partial charge in [0.15, 0.2) is 0 Å². The van der Waals surface area contributed by atoms with Gasteiger partial charge in [-0.05, 0) is 43.0 Å². The fraction of sp³-hybridized carbons (Fsp3) is 0.500. The van der Waals surface area contributed by atoms with Crippen LogP contribution >= 0.6 is 39.3 Å². The second-order valence-corrected chi connectivity index (χ2v) is 6.08. The molecule has 1 aromatic rings. The van der Waals surface area contributed by atoms with Gasteiger partial charge in [-0.25, -0.2) is 0 Å². The minimum absolute atomic E-state index is 0.551. The monoisotopic (exact) mass is 321 g/mol. The SMILES string of the molecule is CSCCC(C)NCc1ccc(Cl)cc1Br. The molecular weight excluding hydrogens is 306 g/mol. The number of rotatable bonds is 6. The minimum atomic E-state index is 0.551. The molecule has 1 nitrogen and oxygen atoms in total. The zero-order chi connectivity index (χ0) is 12.0. The first-order chi connectivity index (χ1) is 7.63. The summed E-state index contributed by atoms with van der Waals surface area (Å²) in [6.45, 7) is 3.10. The van der Waals surface area contributed by atoms with Gasteiger partial charge in [0.05, 0.1) is 0 Å². The lowest BCUT2D eigenvalue weighted by atomic mass is 10.2. The lowest BCUT2D eigenvalue weighted by Crippen LogP contribution is -2.26. The van der Waals surface area contributed by atoms with E-state index in [4.69, 9.17) is 11.6 Å². The Labute approximate surface area is 115 Å². The Bertz CT molecular complexity index is 333. The molecule has 0 bridgehead atoms. The molecule has 1 unspecified atom stereocenters. The van der Waals surface area contributed by atoms with Gasteiger partial charge in [-0.3, -0.25) is 0 Å². The molecule has 16 heavy (non-hydrogen) atoms. The Morgan fingerprint density at radius 2 is 2.25 bits per heavy atom. The summed E-state index contributed by atoms with van der Waals surface area (Å²) >= 11 is 11.3. The molecule has 1 rings (SSSR count). The lowest BCUT2D eigenvalue weighted by Gasteiger charge is -2.14. The standard InChI is InChI=1S/C12H17BrClNS/c1-9(5-6-16-2)15-8-10-3-4-11(14)7-12(10)13/h3-4,7,9,15H,5-6,8H2,1-2H3. The Morgan fingerprint density at radius 3 is 2.88 bits per heavy atom. The van der Waals surface area contributed by atoms with Crippen molar-refractivity contribution in [2.75, 3.05) is 12.0 Å². The van der Waals surface area contributed by atoms with E-state index in [1.807, 2.05) is 23.9 Å². The molecule has 0 aliphatic rings. The van der Waals surface area contributed by atoms with E-state index in [-0.39, 0.29) is 0 Å². The molecule has 1 atom stereocenters. The summed E-state index contributed by atoms with van der Waals surface area (Å²) in [4.78, 5) is 0. The second-order valence-electron chi connectivity index (χ2n) is 3.80. The van der Waals surface area contributed by atoms with Crippen LogP contribution in [0.1, 0.15) is 18.9 Å². The molecule has 4 heteroatoms. The van der Waals surface area contributed by atoms with E-state index in [1.165, 1.54) is 17.7 Å². The quantitative estimate of drug-likeness (QED) is 0.836. The predicted molar refractivity (Wildman–Crippen MR) is 78.5 cm³/mol. The van der Waals surface area contributed by atoms with E-state index >= 15 is 0 Å². The third-order valence-corrected chi connectivity index (χ3v) is 4.03. The van der Waals surface area contributed by atoms with Gasteiger partial charge in [-0.2, -0.15) is 11.8 Å². The van der Waals surface area contributed by atoms with Crippen LogP contribution in [0.4, 0.5) is 0 Å². The Balaban J connectivity index is 2.42. The smallest absolute Gasteiger partial charge is 0.0417 e. The zero-order valence-electron chi connectivity index (χ0n) is 9.59. The van der Waals surface area contributed by atoms with Crippen molar-refractivity contribution >= 4 is 39.3 Å². The summed E-state index contributed by atoms with van der Waals surface area (Å²) in [6, 6.07) is 6.47. The Morgan fingerprint density at radius 1 is 1.50 bits per heavy atom. The summed E-state index contributed by atoms with van der Waals surface area (Å²) in [5, 5.41) is 4.28. The van der Waals surface area contributed by atoms with Crippen molar-refractivity contribution in [2.24, 2.45) is 0 Å². The van der Waals surface area contributed by atoms with Crippen molar-refractivity contribution in [3.05, 3.63) is 33.3 Å². The van der Waals surface area contributed by atoms with Crippen LogP contribution in [-0.4, -0.2) is 18.1 Å². The van der Waals surface area contributed by atoms with E-state index in [2.05, 4.69) is 40.5 Å². The number of hydrogen-bond acceptors (Lipinski definition) is 2. The molecule has 0 heterocycles. The predicted octanol–water partition coefficient (Wildman–Crippen LogP) is 4.33. The van der Waals surface area contributed by atoms with E-state index in [9.17, 15) is 0 Å². The average Bonchev–Trinajstić information content (AvgIpc) is 2.25. The maximum atomic E-state index is 5.90. The molecule has 0 aliphatic heterocycles. The third-order valence-electron chi connectivity index (χ3n) is 2.41. The van der Waals surface area contributed by atoms with Crippen LogP contribution in [0, 0.1) is 0 Å². The molecule has 0 saturated carbocycles. The van der Waals surface area contributed by atoms with Gasteiger partial charge in [0, 0.05) is 22.1 Å². The molecule has 0 aliphatic carbocycles. The number of nitrogens with one attached hydrogen (secondary N) is 1. The highest BCUT2D eigenvalue weighted by Gasteiger charge is 2.04. The first kappa shape index (κ1) is 14.4. The molecular formula is C12H17BrClNS. The number of thioether (sulfide) groups is 1. The zero-order valence-corrected chi connectivity index (χ0v) is 12.8. The maximum Gasteiger partial charge on any atom is 0.0417 e. The molecule has 90 valence electrons. The third kappa shape index (κ3) is 5.09.